The van der Waals surface area contributed by atoms with Gasteiger partial charge in [-0.05, 0) is 25.7 Å². The number of hydrogen-bond acceptors (Lipinski definition) is 2. The van der Waals surface area contributed by atoms with Crippen LogP contribution in [0.3, 0.4) is 0 Å². The highest BCUT2D eigenvalue weighted by atomic mass is 16.1. The number of unbranched alkanes of at least 4 members (excludes halogenated alkanes) is 18. The third-order valence-electron chi connectivity index (χ3n) is 9.57. The van der Waals surface area contributed by atoms with Gasteiger partial charge in [-0.15, -0.1) is 0 Å². The maximum absolute atomic E-state index is 12.3. The van der Waals surface area contributed by atoms with E-state index in [1.54, 1.807) is 0 Å². The van der Waals surface area contributed by atoms with Crippen LogP contribution < -0.4 is 5.32 Å². The van der Waals surface area contributed by atoms with E-state index in [0.717, 1.165) is 67.0 Å². The van der Waals surface area contributed by atoms with Gasteiger partial charge in [0.25, 0.3) is 0 Å². The number of Topliss-reactive ketones (excluding diaryl/α,β-unsaturated/α-hetero) is 1. The summed E-state index contributed by atoms with van der Waals surface area (Å²) >= 11 is 0. The van der Waals surface area contributed by atoms with E-state index < -0.39 is 0 Å². The van der Waals surface area contributed by atoms with E-state index in [-0.39, 0.29) is 5.91 Å². The van der Waals surface area contributed by atoms with Crippen LogP contribution in [0.25, 0.3) is 0 Å². The third kappa shape index (κ3) is 31.1. The molecule has 0 atom stereocenters. The van der Waals surface area contributed by atoms with Gasteiger partial charge in [0, 0.05) is 45.1 Å². The Labute approximate surface area is 276 Å². The smallest absolute Gasteiger partial charge is 0.219 e. The molecular formula is C39H81N3O2+2. The van der Waals surface area contributed by atoms with Crippen LogP contribution in [0, 0.1) is 0 Å². The molecular weight excluding hydrogens is 542 g/mol. The number of rotatable bonds is 34. The van der Waals surface area contributed by atoms with E-state index in [0.29, 0.717) is 12.2 Å². The molecule has 0 fully saturated rings. The summed E-state index contributed by atoms with van der Waals surface area (Å²) in [5.41, 5.74) is 0. The minimum atomic E-state index is 0.237. The lowest BCUT2D eigenvalue weighted by atomic mass is 10.0. The summed E-state index contributed by atoms with van der Waals surface area (Å²) in [7, 11) is 9.36. The van der Waals surface area contributed by atoms with Gasteiger partial charge in [0.15, 0.2) is 0 Å². The van der Waals surface area contributed by atoms with Gasteiger partial charge in [0.05, 0.1) is 54.4 Å². The topological polar surface area (TPSA) is 46.2 Å². The Balaban J connectivity index is 3.71. The molecule has 0 aromatic carbocycles. The molecule has 1 N–H and O–H groups in total. The van der Waals surface area contributed by atoms with Crippen molar-refractivity contribution >= 4 is 11.7 Å². The van der Waals surface area contributed by atoms with Gasteiger partial charge >= 0.3 is 0 Å². The van der Waals surface area contributed by atoms with Crippen molar-refractivity contribution in [2.75, 3.05) is 60.9 Å². The van der Waals surface area contributed by atoms with Crippen LogP contribution >= 0.6 is 0 Å². The number of carbonyl (C=O) groups excluding carboxylic acids is 2. The zero-order chi connectivity index (χ0) is 32.8. The molecule has 0 heterocycles. The molecule has 0 radical (unpaired) electrons. The van der Waals surface area contributed by atoms with Crippen LogP contribution in [0.2, 0.25) is 0 Å². The van der Waals surface area contributed by atoms with Crippen molar-refractivity contribution in [1.82, 2.24) is 5.32 Å². The fourth-order valence-electron chi connectivity index (χ4n) is 6.34. The molecule has 0 saturated heterocycles. The predicted octanol–water partition coefficient (Wildman–Crippen LogP) is 10.0. The van der Waals surface area contributed by atoms with E-state index in [4.69, 9.17) is 0 Å². The van der Waals surface area contributed by atoms with Crippen molar-refractivity contribution < 1.29 is 18.6 Å². The molecule has 262 valence electrons. The van der Waals surface area contributed by atoms with Gasteiger partial charge in [-0.25, -0.2) is 0 Å². The van der Waals surface area contributed by atoms with Crippen LogP contribution in [0.4, 0.5) is 0 Å². The summed E-state index contributed by atoms with van der Waals surface area (Å²) < 4.78 is 2.09. The first kappa shape index (κ1) is 43.1. The molecule has 0 unspecified atom stereocenters. The summed E-state index contributed by atoms with van der Waals surface area (Å²) in [5.74, 6) is 0.720. The fourth-order valence-corrected chi connectivity index (χ4v) is 6.34. The van der Waals surface area contributed by atoms with Crippen molar-refractivity contribution in [1.29, 1.82) is 0 Å². The van der Waals surface area contributed by atoms with Crippen molar-refractivity contribution in [2.45, 2.75) is 181 Å². The molecule has 44 heavy (non-hydrogen) atoms. The second-order valence-corrected chi connectivity index (χ2v) is 15.3. The lowest BCUT2D eigenvalue weighted by Crippen LogP contribution is -2.44. The Morgan fingerprint density at radius 1 is 0.409 bits per heavy atom. The molecule has 1 amide bonds. The van der Waals surface area contributed by atoms with Crippen molar-refractivity contribution in [3.63, 3.8) is 0 Å². The van der Waals surface area contributed by atoms with Crippen LogP contribution in [-0.2, 0) is 9.59 Å². The first-order valence-electron chi connectivity index (χ1n) is 19.5. The number of hydrogen-bond donors (Lipinski definition) is 1. The summed E-state index contributed by atoms with van der Waals surface area (Å²) in [5, 5.41) is 3.15. The van der Waals surface area contributed by atoms with Crippen molar-refractivity contribution in [2.24, 2.45) is 0 Å². The average molecular weight is 624 g/mol. The highest BCUT2D eigenvalue weighted by Crippen LogP contribution is 2.14. The van der Waals surface area contributed by atoms with E-state index in [1.165, 1.54) is 135 Å². The number of ketones is 1. The van der Waals surface area contributed by atoms with Gasteiger partial charge in [-0.2, -0.15) is 0 Å². The standard InChI is InChI=1S/C39H80N3O2/c1-7-9-11-13-15-17-19-21-23-30-38(43)31-25-26-34-41(3,4)35-27-28-36-42(5,6)37-29-33-40-39(44)32-24-22-20-18-16-14-12-10-8-2/h7-37H2,1-6H3/q+1/p+1. The quantitative estimate of drug-likeness (QED) is 0.0573. The zero-order valence-corrected chi connectivity index (χ0v) is 31.1. The van der Waals surface area contributed by atoms with E-state index in [1.807, 2.05) is 0 Å². The van der Waals surface area contributed by atoms with Crippen molar-refractivity contribution in [3.8, 4) is 0 Å². The molecule has 0 aliphatic rings. The van der Waals surface area contributed by atoms with Gasteiger partial charge < -0.3 is 14.3 Å². The molecule has 0 spiro atoms. The van der Waals surface area contributed by atoms with Gasteiger partial charge in [0.2, 0.25) is 5.91 Å². The Morgan fingerprint density at radius 2 is 0.727 bits per heavy atom. The van der Waals surface area contributed by atoms with Crippen LogP contribution in [-0.4, -0.2) is 81.6 Å². The molecule has 0 aromatic heterocycles. The monoisotopic (exact) mass is 624 g/mol. The van der Waals surface area contributed by atoms with Gasteiger partial charge in [-0.3, -0.25) is 9.59 Å². The lowest BCUT2D eigenvalue weighted by molar-refractivity contribution is -0.897. The first-order valence-corrected chi connectivity index (χ1v) is 19.5. The molecule has 5 nitrogen and oxygen atoms in total. The SMILES string of the molecule is CCCCCCCCCCCC(=O)CCCC[N+](C)(C)CCCC[N+](C)(C)CCCNC(=O)CCCCCCCCCCC. The summed E-state index contributed by atoms with van der Waals surface area (Å²) in [6, 6.07) is 0. The summed E-state index contributed by atoms with van der Waals surface area (Å²) in [6.07, 6.45) is 31.5. The average Bonchev–Trinajstić information content (AvgIpc) is 2.98. The third-order valence-corrected chi connectivity index (χ3v) is 9.57. The number of nitrogens with zero attached hydrogens (tertiary/aromatic N) is 2. The molecule has 5 heteroatoms. The number of amides is 1. The highest BCUT2D eigenvalue weighted by Gasteiger charge is 2.18. The van der Waals surface area contributed by atoms with Crippen LogP contribution in [0.1, 0.15) is 181 Å². The first-order chi connectivity index (χ1) is 21.1. The summed E-state index contributed by atoms with van der Waals surface area (Å²) in [6.45, 7) is 10.0. The Morgan fingerprint density at radius 3 is 1.16 bits per heavy atom. The highest BCUT2D eigenvalue weighted by molar-refractivity contribution is 5.78. The van der Waals surface area contributed by atoms with Crippen LogP contribution in [0.15, 0.2) is 0 Å². The maximum Gasteiger partial charge on any atom is 0.219 e. The lowest BCUT2D eigenvalue weighted by Gasteiger charge is -2.32. The summed E-state index contributed by atoms with van der Waals surface area (Å²) in [4.78, 5) is 24.5. The second kappa shape index (κ2) is 29.5. The molecule has 0 aliphatic carbocycles. The molecule has 0 saturated carbocycles. The Kier molecular flexibility index (Phi) is 28.8. The normalized spacial score (nSPS) is 12.1. The predicted molar refractivity (Wildman–Crippen MR) is 193 cm³/mol. The molecule has 0 bridgehead atoms. The van der Waals surface area contributed by atoms with E-state index in [9.17, 15) is 9.59 Å². The van der Waals surface area contributed by atoms with Crippen LogP contribution in [0.5, 0.6) is 0 Å². The zero-order valence-electron chi connectivity index (χ0n) is 31.1. The molecule has 0 rings (SSSR count). The van der Waals surface area contributed by atoms with E-state index >= 15 is 0 Å². The fraction of sp³-hybridized carbons (Fsp3) is 0.949. The largest absolute Gasteiger partial charge is 0.356 e. The van der Waals surface area contributed by atoms with Gasteiger partial charge in [0.1, 0.15) is 5.78 Å². The Hall–Kier alpha value is -0.940. The molecule has 0 aliphatic heterocycles. The molecule has 0 aromatic rings. The minimum absolute atomic E-state index is 0.237. The van der Waals surface area contributed by atoms with Crippen molar-refractivity contribution in [3.05, 3.63) is 0 Å². The Bertz CT molecular complexity index is 606. The number of quaternary nitrogens is 2. The minimum Gasteiger partial charge on any atom is -0.356 e. The second-order valence-electron chi connectivity index (χ2n) is 15.3. The number of carbonyl (C=O) groups is 2. The van der Waals surface area contributed by atoms with Gasteiger partial charge in [-0.1, -0.05) is 117 Å². The maximum atomic E-state index is 12.3. The van der Waals surface area contributed by atoms with E-state index in [2.05, 4.69) is 47.4 Å². The number of nitrogens with one attached hydrogen (secondary N) is 1.